The number of halogens is 2. The van der Waals surface area contributed by atoms with Gasteiger partial charge in [-0.3, -0.25) is 4.79 Å². The minimum absolute atomic E-state index is 0.149. The topological polar surface area (TPSA) is 54.0 Å². The average Bonchev–Trinajstić information content (AvgIpc) is 2.46. The molecule has 0 spiro atoms. The van der Waals surface area contributed by atoms with Crippen LogP contribution in [0.2, 0.25) is 0 Å². The first-order valence-corrected chi connectivity index (χ1v) is 7.34. The molecular formula is C13H18ClIO5. The Bertz CT molecular complexity index is 399. The molecule has 0 saturated heterocycles. The maximum atomic E-state index is 10.7. The number of ether oxygens (including phenoxy) is 4. The molecule has 0 atom stereocenters. The number of hydrogen-bond donors (Lipinski definition) is 0. The van der Waals surface area contributed by atoms with Crippen LogP contribution in [0, 0.1) is 3.57 Å². The molecule has 0 aliphatic heterocycles. The van der Waals surface area contributed by atoms with Crippen molar-refractivity contribution < 1.29 is 23.7 Å². The Kier molecular flexibility index (Phi) is 11.8. The summed E-state index contributed by atoms with van der Waals surface area (Å²) in [6.07, 6.45) is 0.783. The number of carbonyl (C=O) groups excluding carboxylic acids is 1. The van der Waals surface area contributed by atoms with Gasteiger partial charge in [0.05, 0.1) is 10.2 Å². The number of carbonyl (C=O) groups is 1. The number of benzene rings is 1. The van der Waals surface area contributed by atoms with Crippen LogP contribution in [0.15, 0.2) is 12.1 Å². The molecule has 0 radical (unpaired) electrons. The van der Waals surface area contributed by atoms with Gasteiger partial charge >= 0.3 is 0 Å². The highest BCUT2D eigenvalue weighted by atomic mass is 127. The van der Waals surface area contributed by atoms with Crippen molar-refractivity contribution in [1.82, 2.24) is 0 Å². The molecule has 114 valence electrons. The zero-order valence-electron chi connectivity index (χ0n) is 11.7. The number of hydrogen-bond acceptors (Lipinski definition) is 5. The molecule has 1 aromatic rings. The van der Waals surface area contributed by atoms with Crippen LogP contribution in [0.4, 0.5) is 0 Å². The van der Waals surface area contributed by atoms with Gasteiger partial charge < -0.3 is 18.9 Å². The van der Waals surface area contributed by atoms with E-state index in [4.69, 9.17) is 25.8 Å². The molecule has 1 aromatic carbocycles. The number of aldehydes is 1. The summed E-state index contributed by atoms with van der Waals surface area (Å²) in [5.74, 6) is 1.17. The second-order valence-electron chi connectivity index (χ2n) is 3.33. The van der Waals surface area contributed by atoms with Crippen LogP contribution in [-0.4, -0.2) is 40.0 Å². The van der Waals surface area contributed by atoms with E-state index in [0.717, 1.165) is 9.86 Å². The number of alkyl halides is 1. The van der Waals surface area contributed by atoms with E-state index in [2.05, 4.69) is 27.3 Å². The summed E-state index contributed by atoms with van der Waals surface area (Å²) in [7, 11) is 3.10. The van der Waals surface area contributed by atoms with Crippen LogP contribution in [0.5, 0.6) is 11.5 Å². The number of rotatable bonds is 7. The van der Waals surface area contributed by atoms with Crippen molar-refractivity contribution in [3.8, 4) is 11.5 Å². The van der Waals surface area contributed by atoms with Crippen LogP contribution in [0.25, 0.3) is 0 Å². The first-order valence-electron chi connectivity index (χ1n) is 5.72. The molecule has 0 fully saturated rings. The predicted molar refractivity (Wildman–Crippen MR) is 85.9 cm³/mol. The lowest BCUT2D eigenvalue weighted by atomic mass is 10.2. The third-order valence-corrected chi connectivity index (χ3v) is 2.92. The molecule has 0 aliphatic carbocycles. The monoisotopic (exact) mass is 416 g/mol. The maximum Gasteiger partial charge on any atom is 0.188 e. The first kappa shape index (κ1) is 19.4. The van der Waals surface area contributed by atoms with Gasteiger partial charge in [0.2, 0.25) is 0 Å². The fourth-order valence-electron chi connectivity index (χ4n) is 1.18. The molecule has 0 aliphatic rings. The Morgan fingerprint density at radius 2 is 1.90 bits per heavy atom. The zero-order chi connectivity index (χ0) is 15.4. The molecule has 0 aromatic heterocycles. The lowest BCUT2D eigenvalue weighted by Crippen LogP contribution is -2.04. The average molecular weight is 417 g/mol. The van der Waals surface area contributed by atoms with E-state index in [0.29, 0.717) is 29.7 Å². The van der Waals surface area contributed by atoms with Crippen LogP contribution in [0.1, 0.15) is 17.3 Å². The molecule has 0 unspecified atom stereocenters. The fourth-order valence-corrected chi connectivity index (χ4v) is 1.96. The summed E-state index contributed by atoms with van der Waals surface area (Å²) < 4.78 is 20.8. The van der Waals surface area contributed by atoms with E-state index in [1.165, 1.54) is 0 Å². The van der Waals surface area contributed by atoms with E-state index in [1.807, 2.05) is 6.92 Å². The van der Waals surface area contributed by atoms with Crippen LogP contribution in [-0.2, 0) is 9.47 Å². The SMILES string of the molecule is CCOc1cc(C=O)cc(I)c1OCOC.COCCl. The molecule has 7 heteroatoms. The summed E-state index contributed by atoms with van der Waals surface area (Å²) in [5, 5.41) is 0. The highest BCUT2D eigenvalue weighted by Gasteiger charge is 2.11. The van der Waals surface area contributed by atoms with E-state index < -0.39 is 0 Å². The van der Waals surface area contributed by atoms with Gasteiger partial charge in [-0.25, -0.2) is 0 Å². The van der Waals surface area contributed by atoms with Crippen molar-refractivity contribution in [2.45, 2.75) is 6.92 Å². The minimum atomic E-state index is 0.149. The molecule has 1 rings (SSSR count). The Morgan fingerprint density at radius 1 is 1.25 bits per heavy atom. The second kappa shape index (κ2) is 12.2. The molecule has 0 bridgehead atoms. The van der Waals surface area contributed by atoms with Gasteiger partial charge in [0.25, 0.3) is 0 Å². The predicted octanol–water partition coefficient (Wildman–Crippen LogP) is 3.31. The van der Waals surface area contributed by atoms with Crippen molar-refractivity contribution in [3.63, 3.8) is 0 Å². The lowest BCUT2D eigenvalue weighted by Gasteiger charge is -2.13. The molecular weight excluding hydrogens is 398 g/mol. The van der Waals surface area contributed by atoms with Gasteiger partial charge in [-0.2, -0.15) is 0 Å². The highest BCUT2D eigenvalue weighted by molar-refractivity contribution is 14.1. The van der Waals surface area contributed by atoms with Crippen molar-refractivity contribution >= 4 is 40.5 Å². The molecule has 0 amide bonds. The highest BCUT2D eigenvalue weighted by Crippen LogP contribution is 2.33. The third-order valence-electron chi connectivity index (χ3n) is 1.90. The normalized spacial score (nSPS) is 9.45. The van der Waals surface area contributed by atoms with Gasteiger partial charge in [0.1, 0.15) is 12.4 Å². The summed E-state index contributed by atoms with van der Waals surface area (Å²) in [4.78, 5) is 10.7. The summed E-state index contributed by atoms with van der Waals surface area (Å²) in [5.41, 5.74) is 0.567. The van der Waals surface area contributed by atoms with Crippen LogP contribution >= 0.6 is 34.2 Å². The smallest absolute Gasteiger partial charge is 0.188 e. The zero-order valence-corrected chi connectivity index (χ0v) is 14.6. The number of methoxy groups -OCH3 is 2. The summed E-state index contributed by atoms with van der Waals surface area (Å²) >= 11 is 7.06. The molecule has 0 heterocycles. The second-order valence-corrected chi connectivity index (χ2v) is 4.71. The standard InChI is InChI=1S/C11H13IO4.C2H5ClO/c1-3-15-10-5-8(6-13)4-9(12)11(10)16-7-14-2;1-4-2-3/h4-6H,3,7H2,1-2H3;2H2,1H3. The summed E-state index contributed by atoms with van der Waals surface area (Å²) in [6, 6.07) is 3.69. The molecule has 0 N–H and O–H groups in total. The molecule has 5 nitrogen and oxygen atoms in total. The van der Waals surface area contributed by atoms with Crippen molar-refractivity contribution in [1.29, 1.82) is 0 Å². The Morgan fingerprint density at radius 3 is 2.35 bits per heavy atom. The molecule has 20 heavy (non-hydrogen) atoms. The van der Waals surface area contributed by atoms with Gasteiger partial charge in [-0.1, -0.05) is 11.6 Å². The lowest BCUT2D eigenvalue weighted by molar-refractivity contribution is 0.0480. The van der Waals surface area contributed by atoms with Gasteiger partial charge in [0.15, 0.2) is 18.3 Å². The summed E-state index contributed by atoms with van der Waals surface area (Å²) in [6.45, 7) is 2.54. The molecule has 0 saturated carbocycles. The van der Waals surface area contributed by atoms with Crippen LogP contribution in [0.3, 0.4) is 0 Å². The van der Waals surface area contributed by atoms with E-state index >= 15 is 0 Å². The van der Waals surface area contributed by atoms with Crippen LogP contribution < -0.4 is 9.47 Å². The fraction of sp³-hybridized carbons (Fsp3) is 0.462. The first-order chi connectivity index (χ1) is 9.64. The van der Waals surface area contributed by atoms with E-state index in [1.54, 1.807) is 26.4 Å². The quantitative estimate of drug-likeness (QED) is 0.295. The van der Waals surface area contributed by atoms with Gasteiger partial charge in [-0.05, 0) is 41.6 Å². The van der Waals surface area contributed by atoms with Crippen molar-refractivity contribution in [3.05, 3.63) is 21.3 Å². The largest absolute Gasteiger partial charge is 0.490 e. The minimum Gasteiger partial charge on any atom is -0.490 e. The van der Waals surface area contributed by atoms with Gasteiger partial charge in [-0.15, -0.1) is 0 Å². The Balaban J connectivity index is 0.000000796. The van der Waals surface area contributed by atoms with Crippen molar-refractivity contribution in [2.24, 2.45) is 0 Å². The Hall–Kier alpha value is -0.570. The van der Waals surface area contributed by atoms with E-state index in [-0.39, 0.29) is 6.79 Å². The van der Waals surface area contributed by atoms with Crippen molar-refractivity contribution in [2.75, 3.05) is 33.7 Å². The third kappa shape index (κ3) is 7.28. The Labute approximate surface area is 137 Å². The van der Waals surface area contributed by atoms with Gasteiger partial charge in [0, 0.05) is 19.8 Å². The maximum absolute atomic E-state index is 10.7. The van der Waals surface area contributed by atoms with E-state index in [9.17, 15) is 4.79 Å².